The Morgan fingerprint density at radius 3 is 2.88 bits per heavy atom. The van der Waals surface area contributed by atoms with Crippen molar-refractivity contribution in [1.29, 1.82) is 0 Å². The van der Waals surface area contributed by atoms with Crippen molar-refractivity contribution >= 4 is 45.8 Å². The second kappa shape index (κ2) is 8.47. The zero-order chi connectivity index (χ0) is 17.5. The van der Waals surface area contributed by atoms with Gasteiger partial charge in [0, 0.05) is 11.9 Å². The number of benzene rings is 1. The van der Waals surface area contributed by atoms with E-state index in [1.54, 1.807) is 17.6 Å². The molecule has 0 saturated heterocycles. The number of nitrogens with one attached hydrogen (secondary N) is 1. The topological polar surface area (TPSA) is 80.4 Å². The second-order valence-corrected chi connectivity index (χ2v) is 5.88. The minimum absolute atomic E-state index is 0.0337. The lowest BCUT2D eigenvalue weighted by Crippen LogP contribution is -2.13. The average molecular weight is 365 g/mol. The highest BCUT2D eigenvalue weighted by Crippen LogP contribution is 2.24. The normalized spacial score (nSPS) is 11.7. The Balaban J connectivity index is 2.18. The Labute approximate surface area is 147 Å². The van der Waals surface area contributed by atoms with Crippen molar-refractivity contribution in [2.75, 3.05) is 5.32 Å². The van der Waals surface area contributed by atoms with E-state index in [1.165, 1.54) is 42.2 Å². The van der Waals surface area contributed by atoms with Gasteiger partial charge in [0.2, 0.25) is 0 Å². The summed E-state index contributed by atoms with van der Waals surface area (Å²) >= 11 is 6.90. The molecule has 0 fully saturated rings. The number of amidine groups is 1. The first kappa shape index (κ1) is 18.0. The maximum Gasteiger partial charge on any atom is 0.274 e. The standard InChI is InChI=1S/C16H14ClFN4OS/c1-2-7-24-16(19)22-14-8-11(4-5-12(14)18)21-15(23)13-6-3-10(17)9-20-13/h2-9H,1H3,(H2,19,22)(H,21,23)/b7-2-. The number of allylic oxidation sites excluding steroid dienone is 1. The molecule has 1 amide bonds. The van der Waals surface area contributed by atoms with Crippen LogP contribution < -0.4 is 11.1 Å². The van der Waals surface area contributed by atoms with E-state index in [-0.39, 0.29) is 16.5 Å². The van der Waals surface area contributed by atoms with Crippen molar-refractivity contribution in [2.45, 2.75) is 6.92 Å². The van der Waals surface area contributed by atoms with Gasteiger partial charge in [0.05, 0.1) is 5.02 Å². The monoisotopic (exact) mass is 364 g/mol. The van der Waals surface area contributed by atoms with Crippen molar-refractivity contribution in [2.24, 2.45) is 10.7 Å². The van der Waals surface area contributed by atoms with Crippen molar-refractivity contribution in [1.82, 2.24) is 4.98 Å². The number of carbonyl (C=O) groups is 1. The van der Waals surface area contributed by atoms with Crippen molar-refractivity contribution < 1.29 is 9.18 Å². The number of hydrogen-bond acceptors (Lipinski definition) is 4. The molecule has 0 saturated carbocycles. The third-order valence-electron chi connectivity index (χ3n) is 2.72. The van der Waals surface area contributed by atoms with Gasteiger partial charge in [0.15, 0.2) is 5.17 Å². The lowest BCUT2D eigenvalue weighted by atomic mass is 10.2. The quantitative estimate of drug-likeness (QED) is 0.624. The van der Waals surface area contributed by atoms with Crippen LogP contribution in [0.5, 0.6) is 0 Å². The van der Waals surface area contributed by atoms with Crippen molar-refractivity contribution in [3.8, 4) is 0 Å². The summed E-state index contributed by atoms with van der Waals surface area (Å²) in [6.45, 7) is 1.84. The summed E-state index contributed by atoms with van der Waals surface area (Å²) in [5, 5.41) is 4.97. The van der Waals surface area contributed by atoms with Gasteiger partial charge in [-0.1, -0.05) is 29.4 Å². The minimum atomic E-state index is -0.540. The number of rotatable bonds is 4. The number of thioether (sulfide) groups is 1. The number of pyridine rings is 1. The summed E-state index contributed by atoms with van der Waals surface area (Å²) in [5.41, 5.74) is 6.30. The van der Waals surface area contributed by atoms with E-state index in [0.29, 0.717) is 10.7 Å². The highest BCUT2D eigenvalue weighted by molar-refractivity contribution is 8.16. The largest absolute Gasteiger partial charge is 0.378 e. The molecule has 8 heteroatoms. The number of nitrogens with zero attached hydrogens (tertiary/aromatic N) is 2. The van der Waals surface area contributed by atoms with Gasteiger partial charge in [-0.15, -0.1) is 0 Å². The molecule has 2 aromatic rings. The smallest absolute Gasteiger partial charge is 0.274 e. The fraction of sp³-hybridized carbons (Fsp3) is 0.0625. The minimum Gasteiger partial charge on any atom is -0.378 e. The van der Waals surface area contributed by atoms with Gasteiger partial charge >= 0.3 is 0 Å². The number of anilines is 1. The number of aliphatic imine (C=N–C) groups is 1. The van der Waals surface area contributed by atoms with E-state index in [9.17, 15) is 9.18 Å². The molecular weight excluding hydrogens is 351 g/mol. The molecular formula is C16H14ClFN4OS. The molecule has 3 N–H and O–H groups in total. The van der Waals surface area contributed by atoms with Crippen LogP contribution in [0.1, 0.15) is 17.4 Å². The number of amides is 1. The number of aromatic nitrogens is 1. The van der Waals surface area contributed by atoms with Gasteiger partial charge < -0.3 is 11.1 Å². The van der Waals surface area contributed by atoms with Crippen LogP contribution in [0.25, 0.3) is 0 Å². The van der Waals surface area contributed by atoms with E-state index in [1.807, 2.05) is 6.92 Å². The number of halogens is 2. The maximum atomic E-state index is 13.8. The first-order valence-electron chi connectivity index (χ1n) is 6.84. The third kappa shape index (κ3) is 5.07. The van der Waals surface area contributed by atoms with Gasteiger partial charge in [-0.05, 0) is 42.7 Å². The zero-order valence-corrected chi connectivity index (χ0v) is 14.2. The molecule has 0 atom stereocenters. The molecule has 5 nitrogen and oxygen atoms in total. The molecule has 124 valence electrons. The fourth-order valence-electron chi connectivity index (χ4n) is 1.66. The van der Waals surface area contributed by atoms with E-state index < -0.39 is 11.7 Å². The van der Waals surface area contributed by atoms with E-state index >= 15 is 0 Å². The SMILES string of the molecule is C/C=C\S/C(N)=N\c1cc(NC(=O)c2ccc(Cl)cn2)ccc1F. The molecule has 0 unspecified atom stereocenters. The summed E-state index contributed by atoms with van der Waals surface area (Å²) in [7, 11) is 0. The molecule has 0 bridgehead atoms. The molecule has 1 aromatic heterocycles. The van der Waals surface area contributed by atoms with Crippen LogP contribution in [0.2, 0.25) is 5.02 Å². The average Bonchev–Trinajstić information content (AvgIpc) is 2.56. The van der Waals surface area contributed by atoms with E-state index in [2.05, 4.69) is 15.3 Å². The third-order valence-corrected chi connectivity index (χ3v) is 3.68. The fourth-order valence-corrected chi connectivity index (χ4v) is 2.20. The van der Waals surface area contributed by atoms with Crippen LogP contribution in [0.4, 0.5) is 15.8 Å². The molecule has 0 aliphatic rings. The Hall–Kier alpha value is -2.38. The second-order valence-electron chi connectivity index (χ2n) is 4.52. The number of nitrogens with two attached hydrogens (primary N) is 1. The lowest BCUT2D eigenvalue weighted by molar-refractivity contribution is 0.102. The molecule has 0 aliphatic heterocycles. The van der Waals surface area contributed by atoms with Gasteiger partial charge in [0.25, 0.3) is 5.91 Å². The first-order valence-corrected chi connectivity index (χ1v) is 8.10. The van der Waals surface area contributed by atoms with Crippen LogP contribution in [0.15, 0.2) is 53.0 Å². The molecule has 24 heavy (non-hydrogen) atoms. The Morgan fingerprint density at radius 2 is 2.21 bits per heavy atom. The molecule has 0 spiro atoms. The zero-order valence-electron chi connectivity index (χ0n) is 12.7. The molecule has 1 heterocycles. The predicted molar refractivity (Wildman–Crippen MR) is 97.3 cm³/mol. The van der Waals surface area contributed by atoms with Gasteiger partial charge in [0.1, 0.15) is 17.2 Å². The molecule has 2 rings (SSSR count). The van der Waals surface area contributed by atoms with Gasteiger partial charge in [-0.3, -0.25) is 4.79 Å². The van der Waals surface area contributed by atoms with Crippen molar-refractivity contribution in [3.05, 3.63) is 64.5 Å². The molecule has 0 aliphatic carbocycles. The maximum absolute atomic E-state index is 13.8. The number of carbonyl (C=O) groups excluding carboxylic acids is 1. The van der Waals surface area contributed by atoms with Gasteiger partial charge in [-0.25, -0.2) is 14.4 Å². The van der Waals surface area contributed by atoms with Crippen molar-refractivity contribution in [3.63, 3.8) is 0 Å². The van der Waals surface area contributed by atoms with Crippen LogP contribution in [-0.4, -0.2) is 16.1 Å². The van der Waals surface area contributed by atoms with Crippen LogP contribution >= 0.6 is 23.4 Å². The van der Waals surface area contributed by atoms with Crippen LogP contribution in [0, 0.1) is 5.82 Å². The summed E-state index contributed by atoms with van der Waals surface area (Å²) < 4.78 is 13.8. The Morgan fingerprint density at radius 1 is 1.42 bits per heavy atom. The molecule has 0 radical (unpaired) electrons. The summed E-state index contributed by atoms with van der Waals surface area (Å²) in [5.74, 6) is -0.980. The van der Waals surface area contributed by atoms with E-state index in [4.69, 9.17) is 17.3 Å². The first-order chi connectivity index (χ1) is 11.5. The highest BCUT2D eigenvalue weighted by Gasteiger charge is 2.10. The van der Waals surface area contributed by atoms with Crippen LogP contribution in [0.3, 0.4) is 0 Å². The summed E-state index contributed by atoms with van der Waals surface area (Å²) in [4.78, 5) is 20.0. The lowest BCUT2D eigenvalue weighted by Gasteiger charge is -2.06. The summed E-state index contributed by atoms with van der Waals surface area (Å²) in [6.07, 6.45) is 3.16. The highest BCUT2D eigenvalue weighted by atomic mass is 35.5. The summed E-state index contributed by atoms with van der Waals surface area (Å²) in [6, 6.07) is 7.08. The number of hydrogen-bond donors (Lipinski definition) is 2. The Bertz CT molecular complexity index is 793. The van der Waals surface area contributed by atoms with Gasteiger partial charge in [-0.2, -0.15) is 0 Å². The molecule has 1 aromatic carbocycles. The Kier molecular flexibility index (Phi) is 6.34. The van der Waals surface area contributed by atoms with Crippen LogP contribution in [-0.2, 0) is 0 Å². The predicted octanol–water partition coefficient (Wildman–Crippen LogP) is 4.34. The van der Waals surface area contributed by atoms with E-state index in [0.717, 1.165) is 0 Å².